The molecule has 1 saturated heterocycles. The number of thioether (sulfide) groups is 1. The quantitative estimate of drug-likeness (QED) is 0.709. The normalized spacial score (nSPS) is 17.7. The summed E-state index contributed by atoms with van der Waals surface area (Å²) in [5.74, 6) is 1.05. The van der Waals surface area contributed by atoms with Gasteiger partial charge in [-0.1, -0.05) is 36.4 Å². The van der Waals surface area contributed by atoms with Crippen LogP contribution in [0.1, 0.15) is 30.9 Å². The second kappa shape index (κ2) is 9.88. The Balaban J connectivity index is 1.50. The van der Waals surface area contributed by atoms with E-state index in [0.717, 1.165) is 65.8 Å². The average Bonchev–Trinajstić information content (AvgIpc) is 3.18. The molecule has 2 aromatic carbocycles. The Morgan fingerprint density at radius 1 is 1.09 bits per heavy atom. The van der Waals surface area contributed by atoms with Gasteiger partial charge in [-0.25, -0.2) is 4.99 Å². The minimum atomic E-state index is -0.406. The van der Waals surface area contributed by atoms with Gasteiger partial charge >= 0.3 is 0 Å². The molecule has 0 saturated carbocycles. The molecule has 1 amide bonds. The molecule has 7 heteroatoms. The molecule has 2 heterocycles. The minimum absolute atomic E-state index is 0.0441. The second-order valence-corrected chi connectivity index (χ2v) is 9.19. The molecule has 0 atom stereocenters. The number of ether oxygens (including phenoxy) is 1. The Kier molecular flexibility index (Phi) is 6.96. The first-order valence-electron chi connectivity index (χ1n) is 11.1. The largest absolute Gasteiger partial charge is 0.497 e. The van der Waals surface area contributed by atoms with Gasteiger partial charge in [0.15, 0.2) is 5.66 Å². The van der Waals surface area contributed by atoms with Crippen molar-refractivity contribution in [2.75, 3.05) is 37.8 Å². The van der Waals surface area contributed by atoms with Crippen LogP contribution in [0.4, 0.5) is 5.69 Å². The van der Waals surface area contributed by atoms with E-state index < -0.39 is 5.66 Å². The number of aliphatic imine (C=N–C) groups is 2. The lowest BCUT2D eigenvalue weighted by atomic mass is 9.98. The highest BCUT2D eigenvalue weighted by molar-refractivity contribution is 8.16. The second-order valence-electron chi connectivity index (χ2n) is 8.23. The first-order valence-corrected chi connectivity index (χ1v) is 12.0. The fourth-order valence-corrected chi connectivity index (χ4v) is 4.85. The van der Waals surface area contributed by atoms with Crippen molar-refractivity contribution >= 4 is 34.1 Å². The number of benzene rings is 2. The molecular formula is C25H30N4O2S. The highest BCUT2D eigenvalue weighted by atomic mass is 32.2. The van der Waals surface area contributed by atoms with E-state index in [1.165, 1.54) is 11.8 Å². The lowest BCUT2D eigenvalue weighted by molar-refractivity contribution is -0.113. The van der Waals surface area contributed by atoms with Crippen molar-refractivity contribution in [1.29, 1.82) is 0 Å². The molecule has 1 spiro atoms. The number of anilines is 1. The van der Waals surface area contributed by atoms with Crippen LogP contribution in [0.2, 0.25) is 0 Å². The van der Waals surface area contributed by atoms with Crippen molar-refractivity contribution in [2.24, 2.45) is 9.98 Å². The van der Waals surface area contributed by atoms with E-state index in [0.29, 0.717) is 5.75 Å². The number of carbonyl (C=O) groups excluding carboxylic acids is 1. The van der Waals surface area contributed by atoms with E-state index in [-0.39, 0.29) is 5.91 Å². The highest BCUT2D eigenvalue weighted by Gasteiger charge is 2.39. The van der Waals surface area contributed by atoms with Crippen LogP contribution in [0.25, 0.3) is 0 Å². The number of rotatable bonds is 6. The first-order chi connectivity index (χ1) is 15.5. The molecule has 32 heavy (non-hydrogen) atoms. The number of carbonyl (C=O) groups is 1. The van der Waals surface area contributed by atoms with Crippen LogP contribution < -0.4 is 10.1 Å². The molecule has 0 radical (unpaired) electrons. The van der Waals surface area contributed by atoms with E-state index >= 15 is 0 Å². The third-order valence-corrected chi connectivity index (χ3v) is 6.94. The summed E-state index contributed by atoms with van der Waals surface area (Å²) in [7, 11) is 1.66. The van der Waals surface area contributed by atoms with Crippen LogP contribution >= 0.6 is 11.8 Å². The number of hydrogen-bond acceptors (Lipinski definition) is 6. The van der Waals surface area contributed by atoms with Crippen LogP contribution in [0.15, 0.2) is 58.5 Å². The molecule has 2 aromatic rings. The maximum absolute atomic E-state index is 12.6. The monoisotopic (exact) mass is 450 g/mol. The fraction of sp³-hybridized carbons (Fsp3) is 0.400. The number of aryl methyl sites for hydroxylation is 1. The van der Waals surface area contributed by atoms with Gasteiger partial charge in [-0.05, 0) is 49.9 Å². The van der Waals surface area contributed by atoms with Crippen molar-refractivity contribution in [1.82, 2.24) is 4.90 Å². The number of methoxy groups -OCH3 is 1. The van der Waals surface area contributed by atoms with Gasteiger partial charge in [0.05, 0.1) is 18.6 Å². The van der Waals surface area contributed by atoms with Gasteiger partial charge < -0.3 is 15.0 Å². The third-order valence-electron chi connectivity index (χ3n) is 5.97. The zero-order valence-electron chi connectivity index (χ0n) is 18.9. The third kappa shape index (κ3) is 5.22. The Labute approximate surface area is 194 Å². The maximum Gasteiger partial charge on any atom is 0.234 e. The Morgan fingerprint density at radius 3 is 2.41 bits per heavy atom. The predicted octanol–water partition coefficient (Wildman–Crippen LogP) is 4.39. The van der Waals surface area contributed by atoms with Crippen molar-refractivity contribution in [3.05, 3.63) is 59.7 Å². The smallest absolute Gasteiger partial charge is 0.234 e. The van der Waals surface area contributed by atoms with Crippen LogP contribution in [0, 0.1) is 6.92 Å². The van der Waals surface area contributed by atoms with E-state index in [9.17, 15) is 4.79 Å². The summed E-state index contributed by atoms with van der Waals surface area (Å²) in [5, 5.41) is 3.82. The van der Waals surface area contributed by atoms with Crippen molar-refractivity contribution in [3.8, 4) is 5.75 Å². The minimum Gasteiger partial charge on any atom is -0.497 e. The molecule has 168 valence electrons. The number of likely N-dealkylation sites (tertiary alicyclic amines) is 1. The molecule has 1 fully saturated rings. The number of amides is 1. The topological polar surface area (TPSA) is 66.3 Å². The molecule has 1 N–H and O–H groups in total. The van der Waals surface area contributed by atoms with Gasteiger partial charge in [-0.3, -0.25) is 9.79 Å². The first kappa shape index (κ1) is 22.6. The average molecular weight is 451 g/mol. The van der Waals surface area contributed by atoms with E-state index in [1.54, 1.807) is 7.11 Å². The van der Waals surface area contributed by atoms with Gasteiger partial charge in [0.1, 0.15) is 10.8 Å². The van der Waals surface area contributed by atoms with Gasteiger partial charge in [-0.2, -0.15) is 0 Å². The van der Waals surface area contributed by atoms with Crippen molar-refractivity contribution in [3.63, 3.8) is 0 Å². The molecule has 6 nitrogen and oxygen atoms in total. The van der Waals surface area contributed by atoms with E-state index in [1.807, 2.05) is 55.5 Å². The Bertz CT molecular complexity index is 1010. The van der Waals surface area contributed by atoms with Crippen LogP contribution in [-0.4, -0.2) is 59.7 Å². The molecule has 0 bridgehead atoms. The lowest BCUT2D eigenvalue weighted by Crippen LogP contribution is -2.41. The molecule has 0 aliphatic carbocycles. The zero-order chi connectivity index (χ0) is 22.6. The van der Waals surface area contributed by atoms with E-state index in [2.05, 4.69) is 17.1 Å². The summed E-state index contributed by atoms with van der Waals surface area (Å²) in [4.78, 5) is 25.2. The van der Waals surface area contributed by atoms with Gasteiger partial charge in [-0.15, -0.1) is 0 Å². The fourth-order valence-electron chi connectivity index (χ4n) is 3.98. The molecule has 2 aliphatic heterocycles. The zero-order valence-corrected chi connectivity index (χ0v) is 19.7. The number of nitrogens with zero attached hydrogens (tertiary/aromatic N) is 3. The molecule has 0 aromatic heterocycles. The van der Waals surface area contributed by atoms with Crippen LogP contribution in [0.3, 0.4) is 0 Å². The van der Waals surface area contributed by atoms with Crippen molar-refractivity contribution in [2.45, 2.75) is 32.4 Å². The standard InChI is InChI=1S/C25H30N4O2S/c1-4-29-15-13-25(14-16-29)27-23(19-7-11-21(31-3)12-8-19)24(28-25)32-17-22(30)26-20-9-5-18(2)6-10-20/h5-12H,4,13-17H2,1-3H3,(H,26,30). The van der Waals surface area contributed by atoms with Gasteiger partial charge in [0, 0.05) is 37.2 Å². The number of nitrogens with one attached hydrogen (secondary N) is 1. The summed E-state index contributed by atoms with van der Waals surface area (Å²) in [5.41, 5.74) is 3.45. The molecule has 4 rings (SSSR count). The maximum atomic E-state index is 12.6. The lowest BCUT2D eigenvalue weighted by Gasteiger charge is -2.34. The summed E-state index contributed by atoms with van der Waals surface area (Å²) in [6.45, 7) is 7.25. The number of hydrogen-bond donors (Lipinski definition) is 1. The molecule has 0 unspecified atom stereocenters. The van der Waals surface area contributed by atoms with Gasteiger partial charge in [0.2, 0.25) is 5.91 Å². The summed E-state index contributed by atoms with van der Waals surface area (Å²) >= 11 is 1.46. The van der Waals surface area contributed by atoms with Crippen LogP contribution in [-0.2, 0) is 4.79 Å². The Morgan fingerprint density at radius 2 is 1.78 bits per heavy atom. The SMILES string of the molecule is CCN1CCC2(CC1)N=C(SCC(=O)Nc1ccc(C)cc1)C(c1ccc(OC)cc1)=N2. The molecule has 2 aliphatic rings. The van der Waals surface area contributed by atoms with Crippen LogP contribution in [0.5, 0.6) is 5.75 Å². The summed E-state index contributed by atoms with van der Waals surface area (Å²) < 4.78 is 5.30. The predicted molar refractivity (Wildman–Crippen MR) is 133 cm³/mol. The number of piperidine rings is 1. The summed E-state index contributed by atoms with van der Waals surface area (Å²) in [6.07, 6.45) is 1.81. The van der Waals surface area contributed by atoms with E-state index in [4.69, 9.17) is 14.7 Å². The summed E-state index contributed by atoms with van der Waals surface area (Å²) in [6, 6.07) is 15.7. The highest BCUT2D eigenvalue weighted by Crippen LogP contribution is 2.35. The van der Waals surface area contributed by atoms with Crippen molar-refractivity contribution < 1.29 is 9.53 Å². The van der Waals surface area contributed by atoms with Gasteiger partial charge in [0.25, 0.3) is 0 Å². The molecular weight excluding hydrogens is 420 g/mol. The Hall–Kier alpha value is -2.64.